The molecule has 0 aromatic heterocycles. The zero-order chi connectivity index (χ0) is 19.8. The zero-order valence-electron chi connectivity index (χ0n) is 14.7. The molecule has 8 heteroatoms. The molecule has 140 valence electrons. The van der Waals surface area contributed by atoms with E-state index in [9.17, 15) is 19.2 Å². The maximum absolute atomic E-state index is 12.0. The van der Waals surface area contributed by atoms with Crippen LogP contribution in [0, 0.1) is 0 Å². The van der Waals surface area contributed by atoms with E-state index in [1.807, 2.05) is 0 Å². The maximum Gasteiger partial charge on any atom is 0.338 e. The molecule has 0 bridgehead atoms. The van der Waals surface area contributed by atoms with Crippen molar-refractivity contribution in [3.8, 4) is 0 Å². The Bertz CT molecular complexity index is 862. The summed E-state index contributed by atoms with van der Waals surface area (Å²) in [6, 6.07) is 12.2. The first-order valence-electron chi connectivity index (χ1n) is 8.06. The average Bonchev–Trinajstić information content (AvgIpc) is 2.65. The number of amides is 3. The van der Waals surface area contributed by atoms with E-state index in [2.05, 4.69) is 10.6 Å². The number of para-hydroxylation sites is 1. The molecule has 0 fully saturated rings. The number of rotatable bonds is 7. The van der Waals surface area contributed by atoms with E-state index in [1.165, 1.54) is 19.1 Å². The van der Waals surface area contributed by atoms with Gasteiger partial charge in [0, 0.05) is 12.1 Å². The number of ketones is 1. The molecule has 0 aliphatic rings. The van der Waals surface area contributed by atoms with Crippen LogP contribution in [0.4, 0.5) is 10.5 Å². The van der Waals surface area contributed by atoms with E-state index in [1.54, 1.807) is 36.4 Å². The van der Waals surface area contributed by atoms with E-state index in [0.29, 0.717) is 11.3 Å². The quantitative estimate of drug-likeness (QED) is 0.507. The number of Topliss-reactive ketones (excluding diaryl/α,β-unsaturated/α-hetero) is 1. The highest BCUT2D eigenvalue weighted by molar-refractivity contribution is 6.04. The van der Waals surface area contributed by atoms with Gasteiger partial charge in [-0.2, -0.15) is 0 Å². The predicted molar refractivity (Wildman–Crippen MR) is 98.2 cm³/mol. The number of ether oxygens (including phenoxy) is 1. The predicted octanol–water partition coefficient (Wildman–Crippen LogP) is 1.85. The molecule has 2 rings (SSSR count). The summed E-state index contributed by atoms with van der Waals surface area (Å²) in [6.07, 6.45) is 0. The summed E-state index contributed by atoms with van der Waals surface area (Å²) in [6.45, 7) is 1.15. The Balaban J connectivity index is 1.89. The van der Waals surface area contributed by atoms with E-state index in [4.69, 9.17) is 10.5 Å². The van der Waals surface area contributed by atoms with Crippen molar-refractivity contribution in [1.29, 1.82) is 0 Å². The molecule has 0 spiro atoms. The largest absolute Gasteiger partial charge is 0.452 e. The van der Waals surface area contributed by atoms with E-state index >= 15 is 0 Å². The van der Waals surface area contributed by atoms with Crippen molar-refractivity contribution < 1.29 is 23.9 Å². The second kappa shape index (κ2) is 9.14. The van der Waals surface area contributed by atoms with Gasteiger partial charge in [0.1, 0.15) is 0 Å². The van der Waals surface area contributed by atoms with Gasteiger partial charge in [-0.1, -0.05) is 24.3 Å². The first-order chi connectivity index (χ1) is 12.9. The number of carbonyl (C=O) groups excluding carboxylic acids is 4. The molecule has 0 saturated heterocycles. The van der Waals surface area contributed by atoms with Crippen molar-refractivity contribution in [1.82, 2.24) is 5.32 Å². The van der Waals surface area contributed by atoms with Crippen LogP contribution in [0.3, 0.4) is 0 Å². The number of carbonyl (C=O) groups is 4. The Morgan fingerprint density at radius 2 is 1.67 bits per heavy atom. The van der Waals surface area contributed by atoms with Gasteiger partial charge in [0.2, 0.25) is 0 Å². The number of anilines is 1. The minimum Gasteiger partial charge on any atom is -0.452 e. The molecule has 4 N–H and O–H groups in total. The van der Waals surface area contributed by atoms with Gasteiger partial charge in [-0.15, -0.1) is 0 Å². The molecule has 0 aliphatic heterocycles. The van der Waals surface area contributed by atoms with Gasteiger partial charge >= 0.3 is 12.0 Å². The Labute approximate surface area is 155 Å². The van der Waals surface area contributed by atoms with Gasteiger partial charge in [-0.25, -0.2) is 9.59 Å². The minimum absolute atomic E-state index is 0.186. The van der Waals surface area contributed by atoms with Gasteiger partial charge in [-0.3, -0.25) is 9.59 Å². The second-order valence-electron chi connectivity index (χ2n) is 5.64. The molecule has 0 radical (unpaired) electrons. The lowest BCUT2D eigenvalue weighted by Gasteiger charge is -2.09. The standard InChI is InChI=1S/C19H19N3O5/c1-12(23)15-4-2-3-5-16(15)22-17(24)11-27-18(25)14-8-6-13(7-9-14)10-21-19(20)26/h2-9H,10-11H2,1H3,(H,22,24)(H3,20,21,26). The number of nitrogens with two attached hydrogens (primary N) is 1. The monoisotopic (exact) mass is 369 g/mol. The van der Waals surface area contributed by atoms with Crippen LogP contribution in [0.25, 0.3) is 0 Å². The lowest BCUT2D eigenvalue weighted by atomic mass is 10.1. The van der Waals surface area contributed by atoms with Crippen molar-refractivity contribution in [2.45, 2.75) is 13.5 Å². The summed E-state index contributed by atoms with van der Waals surface area (Å²) in [4.78, 5) is 46.2. The summed E-state index contributed by atoms with van der Waals surface area (Å²) in [5.41, 5.74) is 6.73. The van der Waals surface area contributed by atoms with Crippen LogP contribution in [0.15, 0.2) is 48.5 Å². The normalized spacial score (nSPS) is 9.96. The first-order valence-corrected chi connectivity index (χ1v) is 8.06. The molecule has 8 nitrogen and oxygen atoms in total. The van der Waals surface area contributed by atoms with Crippen LogP contribution in [0.5, 0.6) is 0 Å². The van der Waals surface area contributed by atoms with Crippen molar-refractivity contribution >= 4 is 29.4 Å². The van der Waals surface area contributed by atoms with Crippen LogP contribution < -0.4 is 16.4 Å². The fraction of sp³-hybridized carbons (Fsp3) is 0.158. The summed E-state index contributed by atoms with van der Waals surface area (Å²) in [5.74, 6) is -1.41. The Kier molecular flexibility index (Phi) is 6.65. The number of urea groups is 1. The third-order valence-electron chi connectivity index (χ3n) is 3.57. The number of esters is 1. The van der Waals surface area contributed by atoms with Gasteiger partial charge in [0.15, 0.2) is 12.4 Å². The molecular weight excluding hydrogens is 350 g/mol. The average molecular weight is 369 g/mol. The summed E-state index contributed by atoms with van der Waals surface area (Å²) < 4.78 is 4.97. The van der Waals surface area contributed by atoms with E-state index < -0.39 is 24.5 Å². The molecule has 27 heavy (non-hydrogen) atoms. The minimum atomic E-state index is -0.667. The number of hydrogen-bond acceptors (Lipinski definition) is 5. The second-order valence-corrected chi connectivity index (χ2v) is 5.64. The van der Waals surface area contributed by atoms with Crippen molar-refractivity contribution in [2.75, 3.05) is 11.9 Å². The summed E-state index contributed by atoms with van der Waals surface area (Å²) in [5, 5.41) is 4.98. The van der Waals surface area contributed by atoms with Gasteiger partial charge in [0.25, 0.3) is 5.91 Å². The van der Waals surface area contributed by atoms with Crippen LogP contribution in [-0.4, -0.2) is 30.3 Å². The number of hydrogen-bond donors (Lipinski definition) is 3. The van der Waals surface area contributed by atoms with Gasteiger partial charge in [-0.05, 0) is 36.8 Å². The Morgan fingerprint density at radius 3 is 2.30 bits per heavy atom. The molecule has 0 aliphatic carbocycles. The number of nitrogens with one attached hydrogen (secondary N) is 2. The molecular formula is C19H19N3O5. The fourth-order valence-electron chi connectivity index (χ4n) is 2.25. The van der Waals surface area contributed by atoms with E-state index in [-0.39, 0.29) is 17.9 Å². The third-order valence-corrected chi connectivity index (χ3v) is 3.57. The Morgan fingerprint density at radius 1 is 1.00 bits per heavy atom. The Hall–Kier alpha value is -3.68. The molecule has 0 saturated carbocycles. The molecule has 0 heterocycles. The van der Waals surface area contributed by atoms with Crippen LogP contribution in [0.2, 0.25) is 0 Å². The topological polar surface area (TPSA) is 128 Å². The smallest absolute Gasteiger partial charge is 0.338 e. The SMILES string of the molecule is CC(=O)c1ccccc1NC(=O)COC(=O)c1ccc(CNC(N)=O)cc1. The first kappa shape index (κ1) is 19.6. The number of benzene rings is 2. The van der Waals surface area contributed by atoms with Crippen LogP contribution in [0.1, 0.15) is 33.2 Å². The highest BCUT2D eigenvalue weighted by Crippen LogP contribution is 2.15. The highest BCUT2D eigenvalue weighted by atomic mass is 16.5. The molecule has 3 amide bonds. The van der Waals surface area contributed by atoms with E-state index in [0.717, 1.165) is 5.56 Å². The van der Waals surface area contributed by atoms with Crippen molar-refractivity contribution in [3.63, 3.8) is 0 Å². The summed E-state index contributed by atoms with van der Waals surface area (Å²) in [7, 11) is 0. The highest BCUT2D eigenvalue weighted by Gasteiger charge is 2.13. The molecule has 2 aromatic rings. The van der Waals surface area contributed by atoms with Gasteiger partial charge in [0.05, 0.1) is 11.3 Å². The van der Waals surface area contributed by atoms with Gasteiger partial charge < -0.3 is 21.1 Å². The fourth-order valence-corrected chi connectivity index (χ4v) is 2.25. The zero-order valence-corrected chi connectivity index (χ0v) is 14.7. The van der Waals surface area contributed by atoms with Crippen LogP contribution >= 0.6 is 0 Å². The molecule has 0 unspecified atom stereocenters. The lowest BCUT2D eigenvalue weighted by molar-refractivity contribution is -0.119. The maximum atomic E-state index is 12.0. The lowest BCUT2D eigenvalue weighted by Crippen LogP contribution is -2.28. The number of primary amides is 1. The van der Waals surface area contributed by atoms with Crippen molar-refractivity contribution in [3.05, 3.63) is 65.2 Å². The van der Waals surface area contributed by atoms with Crippen molar-refractivity contribution in [2.24, 2.45) is 5.73 Å². The van der Waals surface area contributed by atoms with Crippen LogP contribution in [-0.2, 0) is 16.1 Å². The molecule has 2 aromatic carbocycles. The molecule has 0 atom stereocenters. The third kappa shape index (κ3) is 5.96. The summed E-state index contributed by atoms with van der Waals surface area (Å²) >= 11 is 0.